The van der Waals surface area contributed by atoms with Gasteiger partial charge in [0.15, 0.2) is 0 Å². The first-order valence-electron chi connectivity index (χ1n) is 11.4. The van der Waals surface area contributed by atoms with Crippen LogP contribution in [-0.2, 0) is 0 Å². The Kier molecular flexibility index (Phi) is 3.35. The Morgan fingerprint density at radius 2 is 1.68 bits per heavy atom. The summed E-state index contributed by atoms with van der Waals surface area (Å²) in [5.74, 6) is 6.80. The van der Waals surface area contributed by atoms with Crippen molar-refractivity contribution >= 4 is 0 Å². The second-order valence-electron chi connectivity index (χ2n) is 12.5. The lowest BCUT2D eigenvalue weighted by molar-refractivity contribution is -0.0475. The van der Waals surface area contributed by atoms with Crippen LogP contribution in [0.15, 0.2) is 11.6 Å². The third kappa shape index (κ3) is 2.06. The summed E-state index contributed by atoms with van der Waals surface area (Å²) >= 11 is 0. The molecule has 0 aromatic heterocycles. The summed E-state index contributed by atoms with van der Waals surface area (Å²) in [4.78, 5) is 0. The Bertz CT molecular complexity index is 610. The summed E-state index contributed by atoms with van der Waals surface area (Å²) < 4.78 is 0. The first-order chi connectivity index (χ1) is 11.7. The number of allylic oxidation sites excluding steroid dienone is 2. The third-order valence-electron chi connectivity index (χ3n) is 10.4. The maximum Gasteiger partial charge on any atom is -0.0143 e. The Labute approximate surface area is 156 Å². The SMILES string of the molecule is CC(C)[C@H]1CC[C@@]2(C)CC[C@]3(C)C[C@@H]4C5=CCC(C)(C)[C@H]5C[C@@H]4[C@H]3[C@H]12. The second kappa shape index (κ2) is 4.96. The molecule has 0 radical (unpaired) electrons. The van der Waals surface area contributed by atoms with Gasteiger partial charge in [-0.15, -0.1) is 0 Å². The van der Waals surface area contributed by atoms with Crippen LogP contribution >= 0.6 is 0 Å². The largest absolute Gasteiger partial charge is 0.0842 e. The van der Waals surface area contributed by atoms with Crippen molar-refractivity contribution in [1.29, 1.82) is 0 Å². The fourth-order valence-corrected chi connectivity index (χ4v) is 9.13. The minimum atomic E-state index is 0.543. The molecule has 0 amide bonds. The first-order valence-corrected chi connectivity index (χ1v) is 11.4. The van der Waals surface area contributed by atoms with Crippen molar-refractivity contribution in [2.75, 3.05) is 0 Å². The molecule has 25 heavy (non-hydrogen) atoms. The molecule has 0 heteroatoms. The van der Waals surface area contributed by atoms with Gasteiger partial charge in [0.2, 0.25) is 0 Å². The highest BCUT2D eigenvalue weighted by Gasteiger charge is 2.66. The summed E-state index contributed by atoms with van der Waals surface area (Å²) in [5.41, 5.74) is 3.78. The Morgan fingerprint density at radius 3 is 2.40 bits per heavy atom. The van der Waals surface area contributed by atoms with Crippen LogP contribution in [-0.4, -0.2) is 0 Å². The van der Waals surface area contributed by atoms with Gasteiger partial charge in [0.25, 0.3) is 0 Å². The van der Waals surface area contributed by atoms with Crippen LogP contribution in [0.4, 0.5) is 0 Å². The lowest BCUT2D eigenvalue weighted by atomic mass is 9.51. The molecule has 0 spiro atoms. The molecule has 0 nitrogen and oxygen atoms in total. The molecular formula is C25H40. The zero-order valence-electron chi connectivity index (χ0n) is 17.6. The molecule has 0 heterocycles. The minimum absolute atomic E-state index is 0.543. The number of hydrogen-bond acceptors (Lipinski definition) is 0. The van der Waals surface area contributed by atoms with Crippen molar-refractivity contribution in [2.24, 2.45) is 57.7 Å². The molecule has 4 fully saturated rings. The van der Waals surface area contributed by atoms with E-state index < -0.39 is 0 Å². The first kappa shape index (κ1) is 16.9. The highest BCUT2D eigenvalue weighted by Crippen LogP contribution is 2.74. The van der Waals surface area contributed by atoms with E-state index in [1.165, 1.54) is 44.9 Å². The summed E-state index contributed by atoms with van der Waals surface area (Å²) in [6, 6.07) is 0. The quantitative estimate of drug-likeness (QED) is 0.446. The lowest BCUT2D eigenvalue weighted by Gasteiger charge is -2.53. The van der Waals surface area contributed by atoms with Gasteiger partial charge in [-0.2, -0.15) is 0 Å². The Balaban J connectivity index is 1.55. The van der Waals surface area contributed by atoms with E-state index >= 15 is 0 Å². The molecule has 0 bridgehead atoms. The van der Waals surface area contributed by atoms with Crippen molar-refractivity contribution in [3.8, 4) is 0 Å². The van der Waals surface area contributed by atoms with E-state index in [1.807, 2.05) is 5.57 Å². The molecule has 5 aliphatic carbocycles. The van der Waals surface area contributed by atoms with E-state index in [9.17, 15) is 0 Å². The number of hydrogen-bond donors (Lipinski definition) is 0. The van der Waals surface area contributed by atoms with Crippen LogP contribution < -0.4 is 0 Å². The molecule has 5 rings (SSSR count). The van der Waals surface area contributed by atoms with Gasteiger partial charge >= 0.3 is 0 Å². The molecule has 0 aromatic rings. The van der Waals surface area contributed by atoms with E-state index in [-0.39, 0.29) is 0 Å². The molecule has 0 N–H and O–H groups in total. The average molecular weight is 341 g/mol. The average Bonchev–Trinajstić information content (AvgIpc) is 3.19. The van der Waals surface area contributed by atoms with Crippen molar-refractivity contribution < 1.29 is 0 Å². The standard InChI is InChI=1S/C25H40/c1-15(2)16-8-10-24(5)11-12-25(6)14-19-17-7-9-23(3,4)20(17)13-18(19)22(25)21(16)24/h7,15-16,18-22H,8-14H2,1-6H3/t16-,18+,19-,20+,21+,22+,24+,25-/m1/s1. The van der Waals surface area contributed by atoms with Gasteiger partial charge in [-0.05, 0) is 103 Å². The van der Waals surface area contributed by atoms with Crippen LogP contribution in [0.25, 0.3) is 0 Å². The van der Waals surface area contributed by atoms with Gasteiger partial charge in [-0.3, -0.25) is 0 Å². The molecule has 5 aliphatic rings. The van der Waals surface area contributed by atoms with E-state index in [0.29, 0.717) is 16.2 Å². The van der Waals surface area contributed by atoms with Gasteiger partial charge in [-0.25, -0.2) is 0 Å². The van der Waals surface area contributed by atoms with Crippen LogP contribution in [0.1, 0.15) is 86.5 Å². The van der Waals surface area contributed by atoms with Gasteiger partial charge in [0, 0.05) is 0 Å². The van der Waals surface area contributed by atoms with Crippen LogP contribution in [0.2, 0.25) is 0 Å². The maximum absolute atomic E-state index is 2.71. The van der Waals surface area contributed by atoms with E-state index in [1.54, 1.807) is 0 Å². The second-order valence-corrected chi connectivity index (χ2v) is 12.5. The van der Waals surface area contributed by atoms with Crippen LogP contribution in [0.3, 0.4) is 0 Å². The number of fused-ring (bicyclic) bond motifs is 7. The van der Waals surface area contributed by atoms with E-state index in [4.69, 9.17) is 0 Å². The van der Waals surface area contributed by atoms with Gasteiger partial charge < -0.3 is 0 Å². The fraction of sp³-hybridized carbons (Fsp3) is 0.920. The summed E-state index contributed by atoms with van der Waals surface area (Å²) in [6.45, 7) is 15.5. The molecule has 140 valence electrons. The van der Waals surface area contributed by atoms with Crippen molar-refractivity contribution in [2.45, 2.75) is 86.5 Å². The lowest BCUT2D eigenvalue weighted by Crippen LogP contribution is -2.46. The van der Waals surface area contributed by atoms with E-state index in [0.717, 1.165) is 41.4 Å². The van der Waals surface area contributed by atoms with Gasteiger partial charge in [0.1, 0.15) is 0 Å². The van der Waals surface area contributed by atoms with Crippen molar-refractivity contribution in [3.63, 3.8) is 0 Å². The molecule has 4 saturated carbocycles. The highest BCUT2D eigenvalue weighted by molar-refractivity contribution is 5.31. The van der Waals surface area contributed by atoms with Crippen LogP contribution in [0, 0.1) is 57.7 Å². The van der Waals surface area contributed by atoms with Gasteiger partial charge in [-0.1, -0.05) is 53.2 Å². The number of rotatable bonds is 1. The zero-order chi connectivity index (χ0) is 17.8. The van der Waals surface area contributed by atoms with Gasteiger partial charge in [0.05, 0.1) is 0 Å². The topological polar surface area (TPSA) is 0 Å². The molecule has 0 aromatic carbocycles. The van der Waals surface area contributed by atoms with E-state index in [2.05, 4.69) is 47.6 Å². The molecule has 0 unspecified atom stereocenters. The minimum Gasteiger partial charge on any atom is -0.0842 e. The molecular weight excluding hydrogens is 300 g/mol. The predicted molar refractivity (Wildman–Crippen MR) is 106 cm³/mol. The third-order valence-corrected chi connectivity index (χ3v) is 10.4. The monoisotopic (exact) mass is 340 g/mol. The molecule has 8 atom stereocenters. The highest BCUT2D eigenvalue weighted by atomic mass is 14.7. The molecule has 0 aliphatic heterocycles. The van der Waals surface area contributed by atoms with Crippen molar-refractivity contribution in [1.82, 2.24) is 0 Å². The summed E-state index contributed by atoms with van der Waals surface area (Å²) in [5, 5.41) is 0. The molecule has 0 saturated heterocycles. The Morgan fingerprint density at radius 1 is 0.960 bits per heavy atom. The summed E-state index contributed by atoms with van der Waals surface area (Å²) in [7, 11) is 0. The van der Waals surface area contributed by atoms with Crippen molar-refractivity contribution in [3.05, 3.63) is 11.6 Å². The summed E-state index contributed by atoms with van der Waals surface area (Å²) in [6.07, 6.45) is 13.2. The Hall–Kier alpha value is -0.260. The predicted octanol–water partition coefficient (Wildman–Crippen LogP) is 7.10. The normalized spacial score (nSPS) is 55.7. The fourth-order valence-electron chi connectivity index (χ4n) is 9.13. The zero-order valence-corrected chi connectivity index (χ0v) is 17.6. The smallest absolute Gasteiger partial charge is 0.0143 e. The van der Waals surface area contributed by atoms with Crippen LogP contribution in [0.5, 0.6) is 0 Å². The maximum atomic E-state index is 2.71.